The first-order valence-electron chi connectivity index (χ1n) is 11.8. The molecule has 0 spiro atoms. The molecule has 0 bridgehead atoms. The van der Waals surface area contributed by atoms with E-state index in [2.05, 4.69) is 33.8 Å². The van der Waals surface area contributed by atoms with Crippen molar-refractivity contribution in [2.45, 2.75) is 39.0 Å². The number of hydrogen-bond acceptors (Lipinski definition) is 4. The summed E-state index contributed by atoms with van der Waals surface area (Å²) in [6.45, 7) is 7.44. The maximum atomic E-state index is 13.3. The summed E-state index contributed by atoms with van der Waals surface area (Å²) in [6, 6.07) is 14.2. The number of benzene rings is 1. The molecule has 2 aromatic rings. The number of likely N-dealkylation sites (tertiary alicyclic amines) is 2. The van der Waals surface area contributed by atoms with Crippen LogP contribution >= 0.6 is 0 Å². The summed E-state index contributed by atoms with van der Waals surface area (Å²) < 4.78 is 6.09. The van der Waals surface area contributed by atoms with Crippen LogP contribution in [0.15, 0.2) is 48.7 Å². The molecule has 1 aromatic carbocycles. The number of carbonyl (C=O) groups is 1. The highest BCUT2D eigenvalue weighted by Crippen LogP contribution is 2.25. The molecule has 0 N–H and O–H groups in total. The molecule has 0 saturated carbocycles. The first-order chi connectivity index (χ1) is 15.2. The van der Waals surface area contributed by atoms with Crippen molar-refractivity contribution in [1.82, 2.24) is 14.8 Å². The second-order valence-electron chi connectivity index (χ2n) is 9.08. The van der Waals surface area contributed by atoms with Gasteiger partial charge in [-0.1, -0.05) is 24.3 Å². The fraction of sp³-hybridized carbons (Fsp3) is 0.538. The second kappa shape index (κ2) is 10.8. The second-order valence-corrected chi connectivity index (χ2v) is 9.08. The maximum Gasteiger partial charge on any atom is 0.226 e. The molecule has 2 saturated heterocycles. The molecule has 4 rings (SSSR count). The molecule has 1 aromatic heterocycles. The van der Waals surface area contributed by atoms with E-state index in [0.717, 1.165) is 76.3 Å². The summed E-state index contributed by atoms with van der Waals surface area (Å²) in [5.41, 5.74) is 2.29. The topological polar surface area (TPSA) is 45.7 Å². The van der Waals surface area contributed by atoms with Gasteiger partial charge in [-0.25, -0.2) is 0 Å². The molecule has 166 valence electrons. The average Bonchev–Trinajstić information content (AvgIpc) is 2.83. The van der Waals surface area contributed by atoms with Crippen molar-refractivity contribution in [3.8, 4) is 5.75 Å². The van der Waals surface area contributed by atoms with Gasteiger partial charge in [-0.05, 0) is 62.9 Å². The van der Waals surface area contributed by atoms with E-state index < -0.39 is 0 Å². The molecular weight excluding hydrogens is 386 g/mol. The highest BCUT2D eigenvalue weighted by molar-refractivity contribution is 5.79. The van der Waals surface area contributed by atoms with Crippen molar-refractivity contribution >= 4 is 5.91 Å². The van der Waals surface area contributed by atoms with Crippen molar-refractivity contribution in [3.05, 3.63) is 59.9 Å². The number of pyridine rings is 1. The van der Waals surface area contributed by atoms with Gasteiger partial charge >= 0.3 is 0 Å². The molecule has 2 atom stereocenters. The smallest absolute Gasteiger partial charge is 0.226 e. The molecule has 0 aliphatic carbocycles. The Morgan fingerprint density at radius 3 is 2.74 bits per heavy atom. The summed E-state index contributed by atoms with van der Waals surface area (Å²) in [5, 5.41) is 0. The zero-order valence-electron chi connectivity index (χ0n) is 18.7. The third kappa shape index (κ3) is 6.07. The Labute approximate surface area is 186 Å². The molecule has 1 amide bonds. The number of carbonyl (C=O) groups excluding carboxylic acids is 1. The SMILES string of the molecule is Cc1ccccc1OC[C@@H]1CCCN(C(=O)[C@H]2CCCN(CCc3ccccn3)C2)C1. The van der Waals surface area contributed by atoms with Gasteiger partial charge in [-0.2, -0.15) is 0 Å². The molecule has 31 heavy (non-hydrogen) atoms. The number of aromatic nitrogens is 1. The van der Waals surface area contributed by atoms with Crippen molar-refractivity contribution in [1.29, 1.82) is 0 Å². The molecule has 2 fully saturated rings. The van der Waals surface area contributed by atoms with E-state index in [1.54, 1.807) is 0 Å². The first-order valence-corrected chi connectivity index (χ1v) is 11.8. The molecule has 3 heterocycles. The molecule has 2 aliphatic heterocycles. The van der Waals surface area contributed by atoms with E-state index in [9.17, 15) is 4.79 Å². The number of ether oxygens (including phenoxy) is 1. The van der Waals surface area contributed by atoms with Crippen LogP contribution in [0.2, 0.25) is 0 Å². The predicted octanol–water partition coefficient (Wildman–Crippen LogP) is 3.96. The number of aryl methyl sites for hydroxylation is 1. The molecule has 5 nitrogen and oxygen atoms in total. The third-order valence-electron chi connectivity index (χ3n) is 6.66. The van der Waals surface area contributed by atoms with Crippen LogP contribution in [0.4, 0.5) is 0 Å². The summed E-state index contributed by atoms with van der Waals surface area (Å²) in [7, 11) is 0. The number of rotatable bonds is 7. The predicted molar refractivity (Wildman–Crippen MR) is 123 cm³/mol. The van der Waals surface area contributed by atoms with E-state index in [1.165, 1.54) is 5.56 Å². The Bertz CT molecular complexity index is 842. The van der Waals surface area contributed by atoms with Crippen LogP contribution in [0.5, 0.6) is 5.75 Å². The minimum absolute atomic E-state index is 0.133. The lowest BCUT2D eigenvalue weighted by Gasteiger charge is -2.38. The van der Waals surface area contributed by atoms with Crippen LogP contribution < -0.4 is 4.74 Å². The van der Waals surface area contributed by atoms with Crippen LogP contribution in [0.1, 0.15) is 36.9 Å². The van der Waals surface area contributed by atoms with Crippen molar-refractivity contribution in [2.75, 3.05) is 39.3 Å². The fourth-order valence-electron chi connectivity index (χ4n) is 4.86. The van der Waals surface area contributed by atoms with Gasteiger partial charge < -0.3 is 14.5 Å². The fourth-order valence-corrected chi connectivity index (χ4v) is 4.86. The number of para-hydroxylation sites is 1. The van der Waals surface area contributed by atoms with Crippen molar-refractivity contribution in [2.24, 2.45) is 11.8 Å². The Balaban J connectivity index is 1.26. The lowest BCUT2D eigenvalue weighted by molar-refractivity contribution is -0.139. The molecule has 0 radical (unpaired) electrons. The van der Waals surface area contributed by atoms with E-state index in [4.69, 9.17) is 4.74 Å². The van der Waals surface area contributed by atoms with Crippen LogP contribution in [0, 0.1) is 18.8 Å². The van der Waals surface area contributed by atoms with Crippen molar-refractivity contribution in [3.63, 3.8) is 0 Å². The Kier molecular flexibility index (Phi) is 7.57. The van der Waals surface area contributed by atoms with E-state index in [-0.39, 0.29) is 5.92 Å². The Morgan fingerprint density at radius 1 is 1.06 bits per heavy atom. The number of nitrogens with zero attached hydrogens (tertiary/aromatic N) is 3. The highest BCUT2D eigenvalue weighted by atomic mass is 16.5. The van der Waals surface area contributed by atoms with Gasteiger partial charge in [0.15, 0.2) is 0 Å². The quantitative estimate of drug-likeness (QED) is 0.679. The number of hydrogen-bond donors (Lipinski definition) is 0. The minimum Gasteiger partial charge on any atom is -0.493 e. The molecular formula is C26H35N3O2. The van der Waals surface area contributed by atoms with Gasteiger partial charge in [0.05, 0.1) is 12.5 Å². The molecule has 5 heteroatoms. The summed E-state index contributed by atoms with van der Waals surface area (Å²) in [5.74, 6) is 1.86. The molecule has 0 unspecified atom stereocenters. The first kappa shape index (κ1) is 21.8. The van der Waals surface area contributed by atoms with Crippen molar-refractivity contribution < 1.29 is 9.53 Å². The van der Waals surface area contributed by atoms with Crippen LogP contribution in [0.25, 0.3) is 0 Å². The van der Waals surface area contributed by atoms with E-state index >= 15 is 0 Å². The Morgan fingerprint density at radius 2 is 1.90 bits per heavy atom. The van der Waals surface area contributed by atoms with Gasteiger partial charge in [0.2, 0.25) is 5.91 Å². The highest BCUT2D eigenvalue weighted by Gasteiger charge is 2.32. The lowest BCUT2D eigenvalue weighted by Crippen LogP contribution is -2.48. The van der Waals surface area contributed by atoms with E-state index in [0.29, 0.717) is 18.4 Å². The van der Waals surface area contributed by atoms with Crippen LogP contribution in [0.3, 0.4) is 0 Å². The standard InChI is InChI=1S/C26H35N3O2/c1-21-8-2-3-12-25(21)31-20-22-9-6-16-29(18-22)26(30)23-10-7-15-28(19-23)17-13-24-11-4-5-14-27-24/h2-5,8,11-12,14,22-23H,6-7,9-10,13,15-20H2,1H3/t22-,23+/m1/s1. The van der Waals surface area contributed by atoms with Gasteiger partial charge in [0, 0.05) is 50.4 Å². The van der Waals surface area contributed by atoms with Crippen LogP contribution in [-0.4, -0.2) is 60.0 Å². The zero-order chi connectivity index (χ0) is 21.5. The lowest BCUT2D eigenvalue weighted by atomic mass is 9.93. The summed E-state index contributed by atoms with van der Waals surface area (Å²) in [4.78, 5) is 22.3. The Hall–Kier alpha value is -2.40. The average molecular weight is 422 g/mol. The third-order valence-corrected chi connectivity index (χ3v) is 6.66. The minimum atomic E-state index is 0.133. The maximum absolute atomic E-state index is 13.3. The summed E-state index contributed by atoms with van der Waals surface area (Å²) >= 11 is 0. The number of piperidine rings is 2. The monoisotopic (exact) mass is 421 g/mol. The van der Waals surface area contributed by atoms with E-state index in [1.807, 2.05) is 36.5 Å². The zero-order valence-corrected chi connectivity index (χ0v) is 18.7. The van der Waals surface area contributed by atoms with Gasteiger partial charge in [-0.15, -0.1) is 0 Å². The largest absolute Gasteiger partial charge is 0.493 e. The van der Waals surface area contributed by atoms with Gasteiger partial charge in [0.25, 0.3) is 0 Å². The van der Waals surface area contributed by atoms with Crippen LogP contribution in [-0.2, 0) is 11.2 Å². The summed E-state index contributed by atoms with van der Waals surface area (Å²) in [6.07, 6.45) is 7.13. The van der Waals surface area contributed by atoms with Gasteiger partial charge in [0.1, 0.15) is 5.75 Å². The molecule has 2 aliphatic rings. The normalized spacial score (nSPS) is 22.3. The number of amides is 1. The van der Waals surface area contributed by atoms with Gasteiger partial charge in [-0.3, -0.25) is 9.78 Å².